The molecule has 1 heterocycles. The van der Waals surface area contributed by atoms with Crippen LogP contribution < -0.4 is 10.1 Å². The highest BCUT2D eigenvalue weighted by Gasteiger charge is 2.32. The molecule has 1 aromatic rings. The van der Waals surface area contributed by atoms with E-state index in [-0.39, 0.29) is 17.3 Å². The first kappa shape index (κ1) is 20.9. The fourth-order valence-electron chi connectivity index (χ4n) is 2.31. The number of thioether (sulfide) groups is 1. The maximum absolute atomic E-state index is 13.8. The first-order valence-electron chi connectivity index (χ1n) is 8.72. The van der Waals surface area contributed by atoms with Gasteiger partial charge in [0, 0.05) is 0 Å². The highest BCUT2D eigenvalue weighted by Crippen LogP contribution is 2.22. The van der Waals surface area contributed by atoms with Crippen molar-refractivity contribution in [2.24, 2.45) is 10.2 Å². The lowest BCUT2D eigenvalue weighted by Gasteiger charge is -2.07. The van der Waals surface area contributed by atoms with E-state index in [4.69, 9.17) is 9.84 Å². The number of carbonyl (C=O) groups excluding carboxylic acids is 1. The van der Waals surface area contributed by atoms with E-state index in [9.17, 15) is 14.0 Å². The average Bonchev–Trinajstić information content (AvgIpc) is 2.96. The van der Waals surface area contributed by atoms with Crippen molar-refractivity contribution in [2.45, 2.75) is 44.3 Å². The summed E-state index contributed by atoms with van der Waals surface area (Å²) in [5.41, 5.74) is 0.598. The summed E-state index contributed by atoms with van der Waals surface area (Å²) in [6, 6.07) is 4.37. The SMILES string of the molecule is CCCCCCOc1cc(C=NN=C2NC(=O)C(CC(=O)O)S2)ccc1F. The topological polar surface area (TPSA) is 100 Å². The van der Waals surface area contributed by atoms with Crippen molar-refractivity contribution in [2.75, 3.05) is 6.61 Å². The van der Waals surface area contributed by atoms with E-state index in [0.717, 1.165) is 37.4 Å². The van der Waals surface area contributed by atoms with Crippen LogP contribution in [0.2, 0.25) is 0 Å². The van der Waals surface area contributed by atoms with Crippen molar-refractivity contribution in [3.05, 3.63) is 29.6 Å². The van der Waals surface area contributed by atoms with Crippen LogP contribution in [0, 0.1) is 5.82 Å². The Hall–Kier alpha value is -2.42. The van der Waals surface area contributed by atoms with Crippen molar-refractivity contribution in [1.29, 1.82) is 0 Å². The summed E-state index contributed by atoms with van der Waals surface area (Å²) >= 11 is 1.02. The standard InChI is InChI=1S/C18H22FN3O4S/c1-2-3-4-5-8-26-14-9-12(6-7-13(14)19)11-20-22-18-21-17(25)15(27-18)10-16(23)24/h6-7,9,11,15H,2-5,8,10H2,1H3,(H,23,24)(H,21,22,25). The number of amides is 1. The molecule has 1 amide bonds. The van der Waals surface area contributed by atoms with Gasteiger partial charge in [0.25, 0.3) is 0 Å². The van der Waals surface area contributed by atoms with E-state index < -0.39 is 22.9 Å². The first-order chi connectivity index (χ1) is 13.0. The summed E-state index contributed by atoms with van der Waals surface area (Å²) in [5, 5.41) is 18.5. The van der Waals surface area contributed by atoms with Crippen molar-refractivity contribution >= 4 is 35.0 Å². The van der Waals surface area contributed by atoms with Crippen molar-refractivity contribution in [3.63, 3.8) is 0 Å². The second-order valence-electron chi connectivity index (χ2n) is 5.94. The molecule has 1 atom stereocenters. The zero-order valence-corrected chi connectivity index (χ0v) is 15.8. The predicted molar refractivity (Wildman–Crippen MR) is 103 cm³/mol. The molecule has 1 saturated heterocycles. The third kappa shape index (κ3) is 7.01. The van der Waals surface area contributed by atoms with Crippen LogP contribution in [-0.2, 0) is 9.59 Å². The van der Waals surface area contributed by atoms with Crippen LogP contribution in [-0.4, -0.2) is 40.2 Å². The van der Waals surface area contributed by atoms with Crippen molar-refractivity contribution < 1.29 is 23.8 Å². The quantitative estimate of drug-likeness (QED) is 0.360. The van der Waals surface area contributed by atoms with Gasteiger partial charge in [-0.05, 0) is 24.1 Å². The van der Waals surface area contributed by atoms with Gasteiger partial charge in [0.05, 0.1) is 19.2 Å². The molecule has 146 valence electrons. The third-order valence-electron chi connectivity index (χ3n) is 3.70. The van der Waals surface area contributed by atoms with Gasteiger partial charge in [-0.25, -0.2) is 4.39 Å². The molecule has 0 aromatic heterocycles. The molecule has 1 unspecified atom stereocenters. The maximum Gasteiger partial charge on any atom is 0.305 e. The number of benzene rings is 1. The molecular formula is C18H22FN3O4S. The zero-order chi connectivity index (χ0) is 19.6. The molecule has 1 fully saturated rings. The number of ether oxygens (including phenoxy) is 1. The Morgan fingerprint density at radius 3 is 2.96 bits per heavy atom. The van der Waals surface area contributed by atoms with Crippen LogP contribution in [0.15, 0.2) is 28.4 Å². The maximum atomic E-state index is 13.8. The lowest BCUT2D eigenvalue weighted by atomic mass is 10.2. The number of nitrogens with zero attached hydrogens (tertiary/aromatic N) is 2. The highest BCUT2D eigenvalue weighted by atomic mass is 32.2. The first-order valence-corrected chi connectivity index (χ1v) is 9.60. The van der Waals surface area contributed by atoms with Crippen LogP contribution in [0.3, 0.4) is 0 Å². The molecule has 1 aromatic carbocycles. The van der Waals surface area contributed by atoms with E-state index >= 15 is 0 Å². The summed E-state index contributed by atoms with van der Waals surface area (Å²) in [6.07, 6.45) is 5.29. The molecule has 1 aliphatic rings. The molecule has 0 bridgehead atoms. The number of rotatable bonds is 10. The van der Waals surface area contributed by atoms with Gasteiger partial charge in [-0.3, -0.25) is 9.59 Å². The molecule has 2 rings (SSSR count). The number of unbranched alkanes of at least 4 members (excludes halogenated alkanes) is 3. The Kier molecular flexibility index (Phi) is 8.25. The Morgan fingerprint density at radius 2 is 2.22 bits per heavy atom. The predicted octanol–water partition coefficient (Wildman–Crippen LogP) is 3.18. The van der Waals surface area contributed by atoms with Crippen molar-refractivity contribution in [1.82, 2.24) is 5.32 Å². The largest absolute Gasteiger partial charge is 0.490 e. The molecule has 9 heteroatoms. The number of amidine groups is 1. The van der Waals surface area contributed by atoms with Crippen LogP contribution >= 0.6 is 11.8 Å². The van der Waals surface area contributed by atoms with Gasteiger partial charge in [0.15, 0.2) is 16.7 Å². The van der Waals surface area contributed by atoms with Gasteiger partial charge < -0.3 is 15.2 Å². The Bertz CT molecular complexity index is 739. The molecule has 0 radical (unpaired) electrons. The second kappa shape index (κ2) is 10.7. The smallest absolute Gasteiger partial charge is 0.305 e. The van der Waals surface area contributed by atoms with E-state index in [1.807, 2.05) is 0 Å². The number of hydrogen-bond donors (Lipinski definition) is 2. The molecular weight excluding hydrogens is 373 g/mol. The zero-order valence-electron chi connectivity index (χ0n) is 15.0. The molecule has 0 aliphatic carbocycles. The fourth-order valence-corrected chi connectivity index (χ4v) is 3.23. The number of hydrogen-bond acceptors (Lipinski definition) is 6. The third-order valence-corrected chi connectivity index (χ3v) is 4.77. The van der Waals surface area contributed by atoms with Gasteiger partial charge in [-0.1, -0.05) is 44.0 Å². The minimum atomic E-state index is -1.05. The van der Waals surface area contributed by atoms with Crippen molar-refractivity contribution in [3.8, 4) is 5.75 Å². The van der Waals surface area contributed by atoms with E-state index in [2.05, 4.69) is 22.4 Å². The summed E-state index contributed by atoms with van der Waals surface area (Å²) < 4.78 is 19.3. The lowest BCUT2D eigenvalue weighted by molar-refractivity contribution is -0.138. The number of carboxylic acids is 1. The lowest BCUT2D eigenvalue weighted by Crippen LogP contribution is -2.26. The Labute approximate surface area is 161 Å². The number of carbonyl (C=O) groups is 2. The summed E-state index contributed by atoms with van der Waals surface area (Å²) in [6.45, 7) is 2.57. The monoisotopic (exact) mass is 395 g/mol. The van der Waals surface area contributed by atoms with Gasteiger partial charge >= 0.3 is 5.97 Å². The average molecular weight is 395 g/mol. The summed E-state index contributed by atoms with van der Waals surface area (Å²) in [5.74, 6) is -1.74. The van der Waals surface area contributed by atoms with Gasteiger partial charge in [-0.2, -0.15) is 5.10 Å². The summed E-state index contributed by atoms with van der Waals surface area (Å²) in [4.78, 5) is 22.3. The molecule has 7 nitrogen and oxygen atoms in total. The second-order valence-corrected chi connectivity index (χ2v) is 7.13. The number of nitrogens with one attached hydrogen (secondary N) is 1. The summed E-state index contributed by atoms with van der Waals surface area (Å²) in [7, 11) is 0. The van der Waals surface area contributed by atoms with Gasteiger partial charge in [-0.15, -0.1) is 5.10 Å². The molecule has 0 spiro atoms. The van der Waals surface area contributed by atoms with Gasteiger partial charge in [0.1, 0.15) is 5.25 Å². The number of carboxylic acid groups (broad SMARTS) is 1. The number of aliphatic carboxylic acids is 1. The number of halogens is 1. The normalized spacial score (nSPS) is 18.2. The van der Waals surface area contributed by atoms with Crippen LogP contribution in [0.25, 0.3) is 0 Å². The fraction of sp³-hybridized carbons (Fsp3) is 0.444. The van der Waals surface area contributed by atoms with Gasteiger partial charge in [0.2, 0.25) is 5.91 Å². The van der Waals surface area contributed by atoms with E-state index in [1.54, 1.807) is 0 Å². The Balaban J connectivity index is 1.92. The minimum absolute atomic E-state index is 0.160. The molecule has 0 saturated carbocycles. The van der Waals surface area contributed by atoms with Crippen LogP contribution in [0.4, 0.5) is 4.39 Å². The minimum Gasteiger partial charge on any atom is -0.490 e. The molecule has 27 heavy (non-hydrogen) atoms. The van der Waals surface area contributed by atoms with E-state index in [1.165, 1.54) is 24.4 Å². The van der Waals surface area contributed by atoms with Crippen LogP contribution in [0.1, 0.15) is 44.6 Å². The molecule has 1 aliphatic heterocycles. The Morgan fingerprint density at radius 1 is 1.41 bits per heavy atom. The highest BCUT2D eigenvalue weighted by molar-refractivity contribution is 8.15. The van der Waals surface area contributed by atoms with Crippen LogP contribution in [0.5, 0.6) is 5.75 Å². The van der Waals surface area contributed by atoms with E-state index in [0.29, 0.717) is 12.2 Å². The molecule has 2 N–H and O–H groups in total.